The maximum atomic E-state index is 12.8. The summed E-state index contributed by atoms with van der Waals surface area (Å²) in [7, 11) is -4.39. The average Bonchev–Trinajstić information content (AvgIpc) is 3.55. The lowest BCUT2D eigenvalue weighted by atomic mass is 10.0. The topological polar surface area (TPSA) is 134 Å². The van der Waals surface area contributed by atoms with E-state index in [1.807, 2.05) is 0 Å². The zero-order valence-electron chi connectivity index (χ0n) is 58.1. The minimum Gasteiger partial charge on any atom is -0.462 e. The van der Waals surface area contributed by atoms with Crippen molar-refractivity contribution in [1.29, 1.82) is 0 Å². The number of hydrogen-bond donors (Lipinski definition) is 2. The summed E-state index contributed by atoms with van der Waals surface area (Å²) in [5, 5.41) is 0. The van der Waals surface area contributed by atoms with E-state index in [-0.39, 0.29) is 32.1 Å². The molecule has 0 bridgehead atoms. The lowest BCUT2D eigenvalue weighted by molar-refractivity contribution is -0.161. The Balaban J connectivity index is 3.73. The summed E-state index contributed by atoms with van der Waals surface area (Å²) < 4.78 is 33.3. The summed E-state index contributed by atoms with van der Waals surface area (Å²) in [6.07, 6.45) is 88.2. The highest BCUT2D eigenvalue weighted by Gasteiger charge is 2.26. The molecule has 0 fully saturated rings. The van der Waals surface area contributed by atoms with Crippen LogP contribution in [-0.2, 0) is 32.7 Å². The van der Waals surface area contributed by atoms with Crippen LogP contribution >= 0.6 is 7.82 Å². The number of unbranched alkanes of at least 4 members (excludes halogenated alkanes) is 63. The Morgan fingerprint density at radius 2 is 0.500 bits per heavy atom. The highest BCUT2D eigenvalue weighted by atomic mass is 31.2. The Hall–Kier alpha value is -0.990. The van der Waals surface area contributed by atoms with E-state index in [2.05, 4.69) is 13.8 Å². The van der Waals surface area contributed by atoms with Crippen molar-refractivity contribution >= 4 is 19.8 Å². The molecule has 0 saturated carbocycles. The van der Waals surface area contributed by atoms with Crippen LogP contribution in [0.25, 0.3) is 0 Å². The van der Waals surface area contributed by atoms with Gasteiger partial charge < -0.3 is 20.1 Å². The molecule has 2 atom stereocenters. The van der Waals surface area contributed by atoms with E-state index in [0.29, 0.717) is 12.8 Å². The SMILES string of the molecule is CCCCCCCCCCCCCCCCCCCCCCCCCCCCCCCCCCCCCCCC(=O)OC(COC(=O)CCCCCCCCCCCCCCCCCCCCCCCCCCCCCC)COP(=O)(O)OCCN. The van der Waals surface area contributed by atoms with E-state index in [9.17, 15) is 19.0 Å². The zero-order valence-corrected chi connectivity index (χ0v) is 59.0. The number of rotatable bonds is 76. The minimum atomic E-state index is -4.39. The maximum absolute atomic E-state index is 12.8. The van der Waals surface area contributed by atoms with Crippen LogP contribution in [-0.4, -0.2) is 49.3 Å². The monoisotopic (exact) mass is 1240 g/mol. The number of hydrogen-bond acceptors (Lipinski definition) is 8. The zero-order chi connectivity index (χ0) is 62.3. The molecule has 0 aliphatic heterocycles. The van der Waals surface area contributed by atoms with Crippen molar-refractivity contribution in [2.24, 2.45) is 5.73 Å². The Bertz CT molecular complexity index is 1370. The second kappa shape index (κ2) is 73.1. The number of esters is 2. The Morgan fingerprint density at radius 1 is 0.302 bits per heavy atom. The van der Waals surface area contributed by atoms with Crippen molar-refractivity contribution in [2.75, 3.05) is 26.4 Å². The number of carbonyl (C=O) groups excluding carboxylic acids is 2. The Morgan fingerprint density at radius 3 is 0.709 bits per heavy atom. The second-order valence-electron chi connectivity index (χ2n) is 27.0. The molecule has 514 valence electrons. The highest BCUT2D eigenvalue weighted by Crippen LogP contribution is 2.43. The third-order valence-electron chi connectivity index (χ3n) is 18.2. The molecule has 0 amide bonds. The van der Waals surface area contributed by atoms with Gasteiger partial charge in [-0.15, -0.1) is 0 Å². The van der Waals surface area contributed by atoms with Crippen LogP contribution in [0.5, 0.6) is 0 Å². The fourth-order valence-corrected chi connectivity index (χ4v) is 13.2. The van der Waals surface area contributed by atoms with Crippen LogP contribution < -0.4 is 5.73 Å². The molecule has 0 saturated heterocycles. The molecule has 0 heterocycles. The molecule has 10 heteroatoms. The van der Waals surface area contributed by atoms with Gasteiger partial charge in [0.15, 0.2) is 6.10 Å². The summed E-state index contributed by atoms with van der Waals surface area (Å²) >= 11 is 0. The first-order valence-electron chi connectivity index (χ1n) is 39.0. The molecular formula is C76H152NO8P. The van der Waals surface area contributed by atoms with Crippen LogP contribution in [0.4, 0.5) is 0 Å². The van der Waals surface area contributed by atoms with Gasteiger partial charge in [0.05, 0.1) is 13.2 Å². The first kappa shape index (κ1) is 85.0. The predicted octanol–water partition coefficient (Wildman–Crippen LogP) is 25.7. The second-order valence-corrected chi connectivity index (χ2v) is 28.4. The van der Waals surface area contributed by atoms with Gasteiger partial charge in [0.25, 0.3) is 0 Å². The highest BCUT2D eigenvalue weighted by molar-refractivity contribution is 7.47. The van der Waals surface area contributed by atoms with Crippen molar-refractivity contribution in [1.82, 2.24) is 0 Å². The lowest BCUT2D eigenvalue weighted by Gasteiger charge is -2.19. The molecule has 0 aliphatic rings. The smallest absolute Gasteiger partial charge is 0.462 e. The van der Waals surface area contributed by atoms with E-state index < -0.39 is 26.5 Å². The standard InChI is InChI=1S/C76H152NO8P/c1-3-5-7-9-11-13-15-17-19-21-23-25-27-29-31-33-34-35-36-37-38-39-40-41-43-45-47-49-51-53-55-57-59-61-63-65-67-69-76(79)85-74(73-84-86(80,81)83-71-70-77)72-82-75(78)68-66-64-62-60-58-56-54-52-50-48-46-44-42-32-30-28-26-24-22-20-18-16-14-12-10-8-6-4-2/h74H,3-73,77H2,1-2H3,(H,80,81). The van der Waals surface area contributed by atoms with Crippen LogP contribution in [0.3, 0.4) is 0 Å². The number of phosphoric ester groups is 1. The van der Waals surface area contributed by atoms with Gasteiger partial charge in [0, 0.05) is 19.4 Å². The van der Waals surface area contributed by atoms with Crippen molar-refractivity contribution in [3.63, 3.8) is 0 Å². The maximum Gasteiger partial charge on any atom is 0.472 e. The Labute approximate surface area is 537 Å². The molecule has 0 aromatic rings. The van der Waals surface area contributed by atoms with E-state index in [0.717, 1.165) is 32.1 Å². The molecule has 86 heavy (non-hydrogen) atoms. The fraction of sp³-hybridized carbons (Fsp3) is 0.974. The molecule has 0 rings (SSSR count). The lowest BCUT2D eigenvalue weighted by Crippen LogP contribution is -2.29. The molecule has 0 spiro atoms. The summed E-state index contributed by atoms with van der Waals surface area (Å²) in [6.45, 7) is 3.86. The van der Waals surface area contributed by atoms with Gasteiger partial charge in [-0.3, -0.25) is 18.6 Å². The molecule has 0 aromatic carbocycles. The molecule has 0 aromatic heterocycles. The van der Waals surface area contributed by atoms with Crippen molar-refractivity contribution in [2.45, 2.75) is 450 Å². The van der Waals surface area contributed by atoms with Gasteiger partial charge in [-0.05, 0) is 12.8 Å². The summed E-state index contributed by atoms with van der Waals surface area (Å²) in [6, 6.07) is 0. The third kappa shape index (κ3) is 72.1. The summed E-state index contributed by atoms with van der Waals surface area (Å²) in [5.41, 5.74) is 5.41. The third-order valence-corrected chi connectivity index (χ3v) is 19.2. The molecule has 2 unspecified atom stereocenters. The minimum absolute atomic E-state index is 0.0589. The summed E-state index contributed by atoms with van der Waals surface area (Å²) in [4.78, 5) is 35.4. The summed E-state index contributed by atoms with van der Waals surface area (Å²) in [5.74, 6) is -0.795. The van der Waals surface area contributed by atoms with Gasteiger partial charge >= 0.3 is 19.8 Å². The van der Waals surface area contributed by atoms with Crippen molar-refractivity contribution in [3.8, 4) is 0 Å². The largest absolute Gasteiger partial charge is 0.472 e. The van der Waals surface area contributed by atoms with Gasteiger partial charge in [-0.2, -0.15) is 0 Å². The molecule has 0 radical (unpaired) electrons. The van der Waals surface area contributed by atoms with Crippen molar-refractivity contribution in [3.05, 3.63) is 0 Å². The predicted molar refractivity (Wildman–Crippen MR) is 372 cm³/mol. The van der Waals surface area contributed by atoms with Crippen LogP contribution in [0, 0.1) is 0 Å². The first-order chi connectivity index (χ1) is 42.3. The van der Waals surface area contributed by atoms with Gasteiger partial charge in [0.2, 0.25) is 0 Å². The quantitative estimate of drug-likeness (QED) is 0.0347. The normalized spacial score (nSPS) is 12.7. The van der Waals surface area contributed by atoms with Crippen molar-refractivity contribution < 1.29 is 37.6 Å². The first-order valence-corrected chi connectivity index (χ1v) is 40.5. The molecular weight excluding hydrogens is 1090 g/mol. The molecule has 0 aliphatic carbocycles. The van der Waals surface area contributed by atoms with E-state index in [1.165, 1.54) is 379 Å². The van der Waals surface area contributed by atoms with Crippen LogP contribution in [0.15, 0.2) is 0 Å². The van der Waals surface area contributed by atoms with Gasteiger partial charge in [-0.25, -0.2) is 4.57 Å². The van der Waals surface area contributed by atoms with E-state index in [4.69, 9.17) is 24.3 Å². The number of nitrogens with two attached hydrogens (primary N) is 1. The Kier molecular flexibility index (Phi) is 72.2. The average molecular weight is 1240 g/mol. The van der Waals surface area contributed by atoms with Gasteiger partial charge in [0.1, 0.15) is 6.61 Å². The number of phosphoric acid groups is 1. The fourth-order valence-electron chi connectivity index (χ4n) is 12.5. The number of ether oxygens (including phenoxy) is 2. The van der Waals surface area contributed by atoms with E-state index in [1.54, 1.807) is 0 Å². The van der Waals surface area contributed by atoms with Crippen LogP contribution in [0.2, 0.25) is 0 Å². The van der Waals surface area contributed by atoms with E-state index >= 15 is 0 Å². The molecule has 3 N–H and O–H groups in total. The van der Waals surface area contributed by atoms with Crippen LogP contribution in [0.1, 0.15) is 444 Å². The van der Waals surface area contributed by atoms with Gasteiger partial charge in [-0.1, -0.05) is 418 Å². The number of carbonyl (C=O) groups is 2. The molecule has 9 nitrogen and oxygen atoms in total.